The van der Waals surface area contributed by atoms with Gasteiger partial charge >= 0.3 is 0 Å². The molecule has 0 aliphatic heterocycles. The van der Waals surface area contributed by atoms with Gasteiger partial charge in [0.05, 0.1) is 0 Å². The van der Waals surface area contributed by atoms with E-state index in [2.05, 4.69) is 17.2 Å². The standard InChI is InChI=1S/C14H15NO/c16-14(15-13-8-4-5-9-13)11-10-12-6-2-1-3-7-12/h1-3,6-7,13H,4-5,8-9H2,(H,15,16). The molecule has 0 spiro atoms. The third-order valence-corrected chi connectivity index (χ3v) is 2.78. The van der Waals surface area contributed by atoms with E-state index >= 15 is 0 Å². The van der Waals surface area contributed by atoms with Crippen LogP contribution in [0.1, 0.15) is 31.2 Å². The average molecular weight is 213 g/mol. The highest BCUT2D eigenvalue weighted by atomic mass is 16.1. The molecule has 0 heterocycles. The van der Waals surface area contributed by atoms with E-state index in [4.69, 9.17) is 0 Å². The number of hydrogen-bond donors (Lipinski definition) is 1. The van der Waals surface area contributed by atoms with Crippen molar-refractivity contribution >= 4 is 5.91 Å². The number of hydrogen-bond acceptors (Lipinski definition) is 1. The zero-order chi connectivity index (χ0) is 11.2. The molecule has 0 aromatic heterocycles. The summed E-state index contributed by atoms with van der Waals surface area (Å²) in [6.45, 7) is 0. The molecule has 2 nitrogen and oxygen atoms in total. The van der Waals surface area contributed by atoms with Crippen molar-refractivity contribution in [2.24, 2.45) is 0 Å². The molecule has 1 aliphatic carbocycles. The van der Waals surface area contributed by atoms with Crippen LogP contribution in [0.2, 0.25) is 0 Å². The number of carbonyl (C=O) groups excluding carboxylic acids is 1. The summed E-state index contributed by atoms with van der Waals surface area (Å²) in [6, 6.07) is 9.91. The van der Waals surface area contributed by atoms with Gasteiger partial charge in [0.1, 0.15) is 0 Å². The maximum Gasteiger partial charge on any atom is 0.296 e. The van der Waals surface area contributed by atoms with E-state index in [1.165, 1.54) is 12.8 Å². The molecule has 16 heavy (non-hydrogen) atoms. The van der Waals surface area contributed by atoms with Crippen LogP contribution in [-0.4, -0.2) is 11.9 Å². The summed E-state index contributed by atoms with van der Waals surface area (Å²) < 4.78 is 0. The molecule has 1 fully saturated rings. The summed E-state index contributed by atoms with van der Waals surface area (Å²) in [5, 5.41) is 2.94. The monoisotopic (exact) mass is 213 g/mol. The predicted molar refractivity (Wildman–Crippen MR) is 63.7 cm³/mol. The largest absolute Gasteiger partial charge is 0.343 e. The summed E-state index contributed by atoms with van der Waals surface area (Å²) in [5.74, 6) is 5.33. The Bertz CT molecular complexity index is 407. The minimum absolute atomic E-state index is 0.157. The van der Waals surface area contributed by atoms with Gasteiger partial charge in [-0.15, -0.1) is 0 Å². The number of benzene rings is 1. The van der Waals surface area contributed by atoms with Crippen molar-refractivity contribution in [3.63, 3.8) is 0 Å². The van der Waals surface area contributed by atoms with Crippen molar-refractivity contribution in [3.8, 4) is 11.8 Å². The van der Waals surface area contributed by atoms with Gasteiger partial charge in [0.25, 0.3) is 5.91 Å². The number of carbonyl (C=O) groups is 1. The number of amides is 1. The molecule has 0 saturated heterocycles. The fourth-order valence-corrected chi connectivity index (χ4v) is 1.94. The smallest absolute Gasteiger partial charge is 0.296 e. The van der Waals surface area contributed by atoms with Gasteiger partial charge in [-0.1, -0.05) is 37.0 Å². The van der Waals surface area contributed by atoms with E-state index in [9.17, 15) is 4.79 Å². The summed E-state index contributed by atoms with van der Waals surface area (Å²) in [5.41, 5.74) is 0.879. The van der Waals surface area contributed by atoms with Crippen molar-refractivity contribution < 1.29 is 4.79 Å². The van der Waals surface area contributed by atoms with E-state index in [1.54, 1.807) is 0 Å². The van der Waals surface area contributed by atoms with Gasteiger partial charge in [-0.05, 0) is 25.0 Å². The Morgan fingerprint density at radius 1 is 1.19 bits per heavy atom. The normalized spacial score (nSPS) is 15.2. The van der Waals surface area contributed by atoms with Crippen molar-refractivity contribution in [3.05, 3.63) is 35.9 Å². The molecule has 0 radical (unpaired) electrons. The first-order valence-corrected chi connectivity index (χ1v) is 5.72. The molecule has 82 valence electrons. The van der Waals surface area contributed by atoms with E-state index in [0.717, 1.165) is 18.4 Å². The van der Waals surface area contributed by atoms with Crippen LogP contribution in [-0.2, 0) is 4.79 Å². The maximum absolute atomic E-state index is 11.5. The quantitative estimate of drug-likeness (QED) is 0.711. The van der Waals surface area contributed by atoms with Gasteiger partial charge in [0, 0.05) is 17.5 Å². The highest BCUT2D eigenvalue weighted by Crippen LogP contribution is 2.17. The Morgan fingerprint density at radius 2 is 1.88 bits per heavy atom. The van der Waals surface area contributed by atoms with Crippen molar-refractivity contribution in [2.75, 3.05) is 0 Å². The van der Waals surface area contributed by atoms with Crippen LogP contribution in [0, 0.1) is 11.8 Å². The first kappa shape index (κ1) is 10.8. The van der Waals surface area contributed by atoms with Gasteiger partial charge in [0.15, 0.2) is 0 Å². The van der Waals surface area contributed by atoms with Crippen LogP contribution in [0.25, 0.3) is 0 Å². The Balaban J connectivity index is 1.89. The highest BCUT2D eigenvalue weighted by Gasteiger charge is 2.15. The molecule has 2 heteroatoms. The average Bonchev–Trinajstić information content (AvgIpc) is 2.81. The molecular formula is C14H15NO. The fraction of sp³-hybridized carbons (Fsp3) is 0.357. The second kappa shape index (κ2) is 5.37. The lowest BCUT2D eigenvalue weighted by atomic mass is 10.2. The molecule has 1 saturated carbocycles. The molecular weight excluding hydrogens is 198 g/mol. The molecule has 1 aromatic rings. The first-order chi connectivity index (χ1) is 7.84. The molecule has 1 amide bonds. The minimum atomic E-state index is -0.157. The summed E-state index contributed by atoms with van der Waals surface area (Å²) in [6.07, 6.45) is 4.63. The SMILES string of the molecule is O=C(C#Cc1ccccc1)NC1CCCC1. The summed E-state index contributed by atoms with van der Waals surface area (Å²) >= 11 is 0. The van der Waals surface area contributed by atoms with Gasteiger partial charge in [-0.3, -0.25) is 4.79 Å². The second-order valence-corrected chi connectivity index (χ2v) is 4.07. The van der Waals surface area contributed by atoms with Crippen molar-refractivity contribution in [1.82, 2.24) is 5.32 Å². The Hall–Kier alpha value is -1.75. The van der Waals surface area contributed by atoms with Crippen LogP contribution in [0.5, 0.6) is 0 Å². The van der Waals surface area contributed by atoms with E-state index in [-0.39, 0.29) is 5.91 Å². The topological polar surface area (TPSA) is 29.1 Å². The Morgan fingerprint density at radius 3 is 2.56 bits per heavy atom. The third kappa shape index (κ3) is 3.13. The second-order valence-electron chi connectivity index (χ2n) is 4.07. The molecule has 1 aliphatic rings. The zero-order valence-corrected chi connectivity index (χ0v) is 9.20. The molecule has 1 N–H and O–H groups in total. The number of rotatable bonds is 1. The van der Waals surface area contributed by atoms with Crippen molar-refractivity contribution in [1.29, 1.82) is 0 Å². The first-order valence-electron chi connectivity index (χ1n) is 5.72. The molecule has 0 unspecified atom stereocenters. The van der Waals surface area contributed by atoms with E-state index < -0.39 is 0 Å². The summed E-state index contributed by atoms with van der Waals surface area (Å²) in [4.78, 5) is 11.5. The molecule has 2 rings (SSSR count). The molecule has 0 bridgehead atoms. The lowest BCUT2D eigenvalue weighted by molar-refractivity contribution is -0.116. The molecule has 1 aromatic carbocycles. The van der Waals surface area contributed by atoms with Crippen LogP contribution < -0.4 is 5.32 Å². The summed E-state index contributed by atoms with van der Waals surface area (Å²) in [7, 11) is 0. The molecule has 0 atom stereocenters. The minimum Gasteiger partial charge on any atom is -0.343 e. The fourth-order valence-electron chi connectivity index (χ4n) is 1.94. The maximum atomic E-state index is 11.5. The van der Waals surface area contributed by atoms with Crippen LogP contribution in [0.3, 0.4) is 0 Å². The lowest BCUT2D eigenvalue weighted by Gasteiger charge is -2.07. The van der Waals surface area contributed by atoms with Crippen LogP contribution >= 0.6 is 0 Å². The van der Waals surface area contributed by atoms with Crippen molar-refractivity contribution in [2.45, 2.75) is 31.7 Å². The van der Waals surface area contributed by atoms with Gasteiger partial charge in [0.2, 0.25) is 0 Å². The third-order valence-electron chi connectivity index (χ3n) is 2.78. The number of nitrogens with one attached hydrogen (secondary N) is 1. The van der Waals surface area contributed by atoms with E-state index in [1.807, 2.05) is 30.3 Å². The van der Waals surface area contributed by atoms with Crippen LogP contribution in [0.15, 0.2) is 30.3 Å². The van der Waals surface area contributed by atoms with Gasteiger partial charge in [-0.25, -0.2) is 0 Å². The van der Waals surface area contributed by atoms with Gasteiger partial charge in [-0.2, -0.15) is 0 Å². The van der Waals surface area contributed by atoms with E-state index in [0.29, 0.717) is 6.04 Å². The van der Waals surface area contributed by atoms with Crippen LogP contribution in [0.4, 0.5) is 0 Å². The zero-order valence-electron chi connectivity index (χ0n) is 9.20. The Kier molecular flexibility index (Phi) is 3.61. The Labute approximate surface area is 96.1 Å². The van der Waals surface area contributed by atoms with Gasteiger partial charge < -0.3 is 5.32 Å². The lowest BCUT2D eigenvalue weighted by Crippen LogP contribution is -2.31. The predicted octanol–water partition coefficient (Wildman–Crippen LogP) is 2.10. The highest BCUT2D eigenvalue weighted by molar-refractivity contribution is 5.94.